The van der Waals surface area contributed by atoms with Gasteiger partial charge in [-0.1, -0.05) is 22.9 Å². The number of methoxy groups -OCH3 is 1. The highest BCUT2D eigenvalue weighted by atomic mass is 79.9. The average molecular weight is 355 g/mol. The number of benzene rings is 1. The van der Waals surface area contributed by atoms with Gasteiger partial charge in [0, 0.05) is 16.6 Å². The molecule has 2 rings (SSSR count). The zero-order valence-electron chi connectivity index (χ0n) is 11.8. The zero-order chi connectivity index (χ0) is 15.6. The summed E-state index contributed by atoms with van der Waals surface area (Å²) in [6, 6.07) is 4.71. The molecule has 1 heterocycles. The van der Waals surface area contributed by atoms with Crippen molar-refractivity contribution in [3.05, 3.63) is 28.2 Å². The van der Waals surface area contributed by atoms with Crippen molar-refractivity contribution in [3.63, 3.8) is 0 Å². The normalized spacial score (nSPS) is 15.1. The van der Waals surface area contributed by atoms with E-state index < -0.39 is 17.8 Å². The third-order valence-corrected chi connectivity index (χ3v) is 3.65. The fourth-order valence-electron chi connectivity index (χ4n) is 2.15. The van der Waals surface area contributed by atoms with E-state index >= 15 is 0 Å². The van der Waals surface area contributed by atoms with Crippen LogP contribution >= 0.6 is 15.9 Å². The lowest BCUT2D eigenvalue weighted by Gasteiger charge is -2.16. The first-order valence-electron chi connectivity index (χ1n) is 6.49. The van der Waals surface area contributed by atoms with Crippen LogP contribution in [-0.2, 0) is 16.1 Å². The van der Waals surface area contributed by atoms with Crippen LogP contribution in [0.15, 0.2) is 22.7 Å². The van der Waals surface area contributed by atoms with E-state index in [1.165, 1.54) is 7.11 Å². The van der Waals surface area contributed by atoms with Gasteiger partial charge in [0.2, 0.25) is 0 Å². The standard InChI is InChI=1S/C14H15BrN2O4/c1-3-6-16-12(18)13(19)17(14(16)20)8-9-7-10(15)4-5-11(9)21-2/h4-5,7H,3,6,8H2,1-2H3. The van der Waals surface area contributed by atoms with Crippen LogP contribution in [0.3, 0.4) is 0 Å². The Balaban J connectivity index is 2.27. The van der Waals surface area contributed by atoms with Gasteiger partial charge in [0.1, 0.15) is 5.75 Å². The summed E-state index contributed by atoms with van der Waals surface area (Å²) in [6.07, 6.45) is 0.610. The number of carbonyl (C=O) groups excluding carboxylic acids is 3. The van der Waals surface area contributed by atoms with Crippen molar-refractivity contribution in [1.82, 2.24) is 9.80 Å². The highest BCUT2D eigenvalue weighted by Crippen LogP contribution is 2.26. The second-order valence-corrected chi connectivity index (χ2v) is 5.50. The Kier molecular flexibility index (Phi) is 4.62. The van der Waals surface area contributed by atoms with E-state index in [2.05, 4.69) is 15.9 Å². The molecule has 1 aromatic rings. The SMILES string of the molecule is CCCN1C(=O)C(=O)N(Cc2cc(Br)ccc2OC)C1=O. The number of ether oxygens (including phenoxy) is 1. The Labute approximate surface area is 130 Å². The first-order chi connectivity index (χ1) is 9.99. The van der Waals surface area contributed by atoms with Crippen LogP contribution in [0.4, 0.5) is 4.79 Å². The minimum atomic E-state index is -0.796. The molecular weight excluding hydrogens is 340 g/mol. The molecular formula is C14H15BrN2O4. The van der Waals surface area contributed by atoms with Gasteiger partial charge in [0.25, 0.3) is 0 Å². The number of hydrogen-bond acceptors (Lipinski definition) is 4. The summed E-state index contributed by atoms with van der Waals surface area (Å²) in [7, 11) is 1.51. The number of hydrogen-bond donors (Lipinski definition) is 0. The van der Waals surface area contributed by atoms with E-state index in [0.29, 0.717) is 17.7 Å². The quantitative estimate of drug-likeness (QED) is 0.600. The molecule has 0 radical (unpaired) electrons. The number of carbonyl (C=O) groups is 3. The van der Waals surface area contributed by atoms with Gasteiger partial charge >= 0.3 is 17.8 Å². The summed E-state index contributed by atoms with van der Waals surface area (Å²) in [6.45, 7) is 2.09. The average Bonchev–Trinajstić information content (AvgIpc) is 2.66. The summed E-state index contributed by atoms with van der Waals surface area (Å²) in [5.41, 5.74) is 0.653. The molecule has 1 aromatic carbocycles. The number of urea groups is 1. The number of nitrogens with zero attached hydrogens (tertiary/aromatic N) is 2. The fourth-order valence-corrected chi connectivity index (χ4v) is 2.56. The first kappa shape index (κ1) is 15.5. The fraction of sp³-hybridized carbons (Fsp3) is 0.357. The molecule has 0 aliphatic carbocycles. The highest BCUT2D eigenvalue weighted by molar-refractivity contribution is 9.10. The largest absolute Gasteiger partial charge is 0.496 e. The zero-order valence-corrected chi connectivity index (χ0v) is 13.3. The van der Waals surface area contributed by atoms with Crippen LogP contribution < -0.4 is 4.74 Å². The number of imide groups is 2. The Morgan fingerprint density at radius 3 is 2.43 bits per heavy atom. The molecule has 4 amide bonds. The molecule has 1 aliphatic heterocycles. The Hall–Kier alpha value is -1.89. The van der Waals surface area contributed by atoms with Gasteiger partial charge in [0.05, 0.1) is 13.7 Å². The van der Waals surface area contributed by atoms with Crippen molar-refractivity contribution in [1.29, 1.82) is 0 Å². The van der Waals surface area contributed by atoms with E-state index in [4.69, 9.17) is 4.74 Å². The van der Waals surface area contributed by atoms with Gasteiger partial charge in [-0.3, -0.25) is 19.4 Å². The molecule has 0 unspecified atom stereocenters. The molecule has 7 heteroatoms. The second-order valence-electron chi connectivity index (χ2n) is 4.59. The summed E-state index contributed by atoms with van der Waals surface area (Å²) >= 11 is 3.33. The third-order valence-electron chi connectivity index (χ3n) is 3.15. The number of halogens is 1. The Morgan fingerprint density at radius 1 is 1.14 bits per heavy atom. The number of rotatable bonds is 5. The molecule has 0 N–H and O–H groups in total. The monoisotopic (exact) mass is 354 g/mol. The lowest BCUT2D eigenvalue weighted by Crippen LogP contribution is -2.33. The van der Waals surface area contributed by atoms with Crippen molar-refractivity contribution < 1.29 is 19.1 Å². The van der Waals surface area contributed by atoms with E-state index in [0.717, 1.165) is 14.3 Å². The molecule has 112 valence electrons. The smallest absolute Gasteiger partial charge is 0.334 e. The first-order valence-corrected chi connectivity index (χ1v) is 7.28. The molecule has 6 nitrogen and oxygen atoms in total. The Morgan fingerprint density at radius 2 is 1.81 bits per heavy atom. The van der Waals surface area contributed by atoms with E-state index in [-0.39, 0.29) is 13.1 Å². The van der Waals surface area contributed by atoms with E-state index in [1.54, 1.807) is 18.2 Å². The second kappa shape index (κ2) is 6.26. The maximum Gasteiger partial charge on any atom is 0.334 e. The van der Waals surface area contributed by atoms with E-state index in [9.17, 15) is 14.4 Å². The van der Waals surface area contributed by atoms with Crippen LogP contribution in [0.25, 0.3) is 0 Å². The van der Waals surface area contributed by atoms with Crippen molar-refractivity contribution in [2.75, 3.05) is 13.7 Å². The number of amides is 4. The van der Waals surface area contributed by atoms with Gasteiger partial charge in [-0.05, 0) is 24.6 Å². The minimum absolute atomic E-state index is 0.00618. The molecule has 0 saturated carbocycles. The molecule has 1 saturated heterocycles. The van der Waals surface area contributed by atoms with Crippen LogP contribution in [0.5, 0.6) is 5.75 Å². The highest BCUT2D eigenvalue weighted by Gasteiger charge is 2.44. The summed E-state index contributed by atoms with van der Waals surface area (Å²) < 4.78 is 6.01. The van der Waals surface area contributed by atoms with Crippen LogP contribution in [0, 0.1) is 0 Å². The van der Waals surface area contributed by atoms with Crippen LogP contribution in [0.1, 0.15) is 18.9 Å². The minimum Gasteiger partial charge on any atom is -0.496 e. The van der Waals surface area contributed by atoms with E-state index in [1.807, 2.05) is 6.92 Å². The molecule has 21 heavy (non-hydrogen) atoms. The maximum atomic E-state index is 12.2. The Bertz CT molecular complexity index is 603. The van der Waals surface area contributed by atoms with Gasteiger partial charge in [-0.2, -0.15) is 0 Å². The van der Waals surface area contributed by atoms with Gasteiger partial charge in [-0.25, -0.2) is 4.79 Å². The molecule has 1 aliphatic rings. The predicted molar refractivity (Wildman–Crippen MR) is 78.6 cm³/mol. The van der Waals surface area contributed by atoms with Crippen molar-refractivity contribution in [2.24, 2.45) is 0 Å². The topological polar surface area (TPSA) is 66.9 Å². The van der Waals surface area contributed by atoms with Gasteiger partial charge < -0.3 is 4.74 Å². The lowest BCUT2D eigenvalue weighted by molar-refractivity contribution is -0.143. The molecule has 0 spiro atoms. The molecule has 0 atom stereocenters. The summed E-state index contributed by atoms with van der Waals surface area (Å²) in [5.74, 6) is -1.01. The van der Waals surface area contributed by atoms with Crippen molar-refractivity contribution in [2.45, 2.75) is 19.9 Å². The maximum absolute atomic E-state index is 12.2. The van der Waals surface area contributed by atoms with Crippen molar-refractivity contribution >= 4 is 33.8 Å². The lowest BCUT2D eigenvalue weighted by atomic mass is 10.2. The van der Waals surface area contributed by atoms with Gasteiger partial charge in [-0.15, -0.1) is 0 Å². The summed E-state index contributed by atoms with van der Waals surface area (Å²) in [4.78, 5) is 37.8. The predicted octanol–water partition coefficient (Wildman–Crippen LogP) is 2.16. The molecule has 1 fully saturated rings. The van der Waals surface area contributed by atoms with Gasteiger partial charge in [0.15, 0.2) is 0 Å². The van der Waals surface area contributed by atoms with Crippen LogP contribution in [-0.4, -0.2) is 41.3 Å². The third kappa shape index (κ3) is 2.92. The molecule has 0 bridgehead atoms. The van der Waals surface area contributed by atoms with Crippen molar-refractivity contribution in [3.8, 4) is 5.75 Å². The van der Waals surface area contributed by atoms with Crippen LogP contribution in [0.2, 0.25) is 0 Å². The molecule has 0 aromatic heterocycles. The summed E-state index contributed by atoms with van der Waals surface area (Å²) in [5, 5.41) is 0.